The lowest BCUT2D eigenvalue weighted by atomic mass is 10.1. The summed E-state index contributed by atoms with van der Waals surface area (Å²) >= 11 is 0. The van der Waals surface area contributed by atoms with Crippen molar-refractivity contribution in [1.29, 1.82) is 0 Å². The van der Waals surface area contributed by atoms with Crippen LogP contribution >= 0.6 is 0 Å². The van der Waals surface area contributed by atoms with Gasteiger partial charge in [0.25, 0.3) is 0 Å². The molecule has 23 heavy (non-hydrogen) atoms. The quantitative estimate of drug-likeness (QED) is 0.210. The van der Waals surface area contributed by atoms with Crippen LogP contribution < -0.4 is 11.5 Å². The van der Waals surface area contributed by atoms with Crippen LogP contribution in [0.4, 0.5) is 0 Å². The Bertz CT molecular complexity index is 289. The highest BCUT2D eigenvalue weighted by Gasteiger charge is 2.10. The van der Waals surface area contributed by atoms with Gasteiger partial charge < -0.3 is 11.5 Å². The molecule has 0 aliphatic carbocycles. The molecule has 0 aliphatic rings. The first-order chi connectivity index (χ1) is 11.1. The highest BCUT2D eigenvalue weighted by Crippen LogP contribution is 2.10. The van der Waals surface area contributed by atoms with E-state index >= 15 is 0 Å². The van der Waals surface area contributed by atoms with Crippen molar-refractivity contribution in [3.63, 3.8) is 0 Å². The Morgan fingerprint density at radius 1 is 0.739 bits per heavy atom. The van der Waals surface area contributed by atoms with E-state index in [0.29, 0.717) is 0 Å². The highest BCUT2D eigenvalue weighted by molar-refractivity contribution is 5.74. The molecule has 0 heterocycles. The average Bonchev–Trinajstić information content (AvgIpc) is 2.56. The molecule has 4 N–H and O–H groups in total. The molecule has 0 spiro atoms. The van der Waals surface area contributed by atoms with Crippen molar-refractivity contribution in [2.45, 2.75) is 77.6 Å². The van der Waals surface area contributed by atoms with E-state index in [0.717, 1.165) is 32.6 Å². The van der Waals surface area contributed by atoms with E-state index in [-0.39, 0.29) is 0 Å². The summed E-state index contributed by atoms with van der Waals surface area (Å²) in [5, 5.41) is 0. The SMILES string of the molecule is CC(N(C)CCCCCCCCCCCCN)=[N+](C)CCCN. The molecule has 4 nitrogen and oxygen atoms in total. The number of rotatable bonds is 15. The Labute approximate surface area is 145 Å². The van der Waals surface area contributed by atoms with Gasteiger partial charge in [-0.15, -0.1) is 0 Å². The second kappa shape index (κ2) is 16.3. The number of unbranched alkanes of at least 4 members (excludes halogenated alkanes) is 9. The Morgan fingerprint density at radius 3 is 1.65 bits per heavy atom. The predicted octanol–water partition coefficient (Wildman–Crippen LogP) is 3.19. The molecule has 4 heteroatoms. The molecule has 0 aromatic carbocycles. The zero-order valence-electron chi connectivity index (χ0n) is 16.2. The topological polar surface area (TPSA) is 58.3 Å². The minimum atomic E-state index is 0.772. The van der Waals surface area contributed by atoms with E-state index in [1.54, 1.807) is 0 Å². The van der Waals surface area contributed by atoms with E-state index in [9.17, 15) is 0 Å². The van der Waals surface area contributed by atoms with E-state index in [1.807, 2.05) is 0 Å². The monoisotopic (exact) mass is 327 g/mol. The van der Waals surface area contributed by atoms with Gasteiger partial charge in [-0.3, -0.25) is 9.48 Å². The van der Waals surface area contributed by atoms with Crippen LogP contribution in [0.25, 0.3) is 0 Å². The van der Waals surface area contributed by atoms with Crippen molar-refractivity contribution in [2.75, 3.05) is 40.3 Å². The molecule has 0 atom stereocenters. The van der Waals surface area contributed by atoms with Crippen molar-refractivity contribution in [3.05, 3.63) is 0 Å². The number of amidine groups is 1. The molecule has 0 unspecified atom stereocenters. The number of nitrogens with zero attached hydrogens (tertiary/aromatic N) is 2. The summed E-state index contributed by atoms with van der Waals surface area (Å²) in [5.74, 6) is 1.36. The van der Waals surface area contributed by atoms with Gasteiger partial charge in [0.2, 0.25) is 5.84 Å². The summed E-state index contributed by atoms with van der Waals surface area (Å²) in [4.78, 5) is 2.38. The van der Waals surface area contributed by atoms with Crippen LogP contribution in [0.3, 0.4) is 0 Å². The summed E-state index contributed by atoms with van der Waals surface area (Å²) in [5.41, 5.74) is 11.1. The Hall–Kier alpha value is -0.610. The van der Waals surface area contributed by atoms with E-state index in [2.05, 4.69) is 30.5 Å². The summed E-state index contributed by atoms with van der Waals surface area (Å²) in [7, 11) is 4.37. The largest absolute Gasteiger partial charge is 0.330 e. The van der Waals surface area contributed by atoms with Crippen molar-refractivity contribution in [2.24, 2.45) is 11.5 Å². The minimum absolute atomic E-state index is 0.772. The van der Waals surface area contributed by atoms with Crippen LogP contribution in [0, 0.1) is 0 Å². The van der Waals surface area contributed by atoms with Gasteiger partial charge in [0.05, 0.1) is 27.2 Å². The van der Waals surface area contributed by atoms with Crippen molar-refractivity contribution in [1.82, 2.24) is 4.90 Å². The summed E-state index contributed by atoms with van der Waals surface area (Å²) in [6.45, 7) is 6.06. The third-order valence-electron chi connectivity index (χ3n) is 4.75. The smallest absolute Gasteiger partial charge is 0.243 e. The Balaban J connectivity index is 3.50. The molecule has 0 bridgehead atoms. The lowest BCUT2D eigenvalue weighted by Crippen LogP contribution is -2.33. The molecule has 0 saturated carbocycles. The lowest BCUT2D eigenvalue weighted by molar-refractivity contribution is -0.502. The third kappa shape index (κ3) is 13.5. The molecule has 0 radical (unpaired) electrons. The van der Waals surface area contributed by atoms with Crippen LogP contribution in [0.2, 0.25) is 0 Å². The first kappa shape index (κ1) is 22.4. The van der Waals surface area contributed by atoms with Crippen LogP contribution in [-0.4, -0.2) is 55.6 Å². The van der Waals surface area contributed by atoms with Crippen molar-refractivity contribution < 1.29 is 4.58 Å². The molecule has 138 valence electrons. The number of hydrogen-bond donors (Lipinski definition) is 2. The third-order valence-corrected chi connectivity index (χ3v) is 4.75. The van der Waals surface area contributed by atoms with Gasteiger partial charge >= 0.3 is 0 Å². The lowest BCUT2D eigenvalue weighted by Gasteiger charge is -2.15. The summed E-state index contributed by atoms with van der Waals surface area (Å²) < 4.78 is 2.32. The minimum Gasteiger partial charge on any atom is -0.330 e. The fourth-order valence-corrected chi connectivity index (χ4v) is 2.85. The molecule has 0 rings (SSSR count). The van der Waals surface area contributed by atoms with Crippen LogP contribution in [0.15, 0.2) is 0 Å². The molecule has 0 amide bonds. The number of nitrogens with two attached hydrogens (primary N) is 2. The molecule has 0 aliphatic heterocycles. The van der Waals surface area contributed by atoms with E-state index < -0.39 is 0 Å². The zero-order chi connectivity index (χ0) is 17.3. The van der Waals surface area contributed by atoms with Gasteiger partial charge in [0, 0.05) is 6.92 Å². The van der Waals surface area contributed by atoms with E-state index in [1.165, 1.54) is 70.0 Å². The van der Waals surface area contributed by atoms with Gasteiger partial charge in [-0.1, -0.05) is 44.9 Å². The van der Waals surface area contributed by atoms with Gasteiger partial charge in [-0.2, -0.15) is 0 Å². The maximum atomic E-state index is 5.58. The first-order valence-electron chi connectivity index (χ1n) is 9.79. The second-order valence-electron chi connectivity index (χ2n) is 6.86. The maximum Gasteiger partial charge on any atom is 0.243 e. The summed E-state index contributed by atoms with van der Waals surface area (Å²) in [6, 6.07) is 0. The molecular weight excluding hydrogens is 284 g/mol. The van der Waals surface area contributed by atoms with Gasteiger partial charge in [-0.05, 0) is 38.8 Å². The normalized spacial score (nSPS) is 12.4. The highest BCUT2D eigenvalue weighted by atomic mass is 15.2. The number of hydrogen-bond acceptors (Lipinski definition) is 2. The Morgan fingerprint density at radius 2 is 1.17 bits per heavy atom. The fourth-order valence-electron chi connectivity index (χ4n) is 2.85. The van der Waals surface area contributed by atoms with Gasteiger partial charge in [0.1, 0.15) is 0 Å². The second-order valence-corrected chi connectivity index (χ2v) is 6.86. The molecule has 0 aromatic heterocycles. The predicted molar refractivity (Wildman–Crippen MR) is 103 cm³/mol. The zero-order valence-corrected chi connectivity index (χ0v) is 16.2. The van der Waals surface area contributed by atoms with E-state index in [4.69, 9.17) is 11.5 Å². The first-order valence-corrected chi connectivity index (χ1v) is 9.79. The molecular formula is C19H43N4+. The van der Waals surface area contributed by atoms with Gasteiger partial charge in [-0.25, -0.2) is 0 Å². The fraction of sp³-hybridized carbons (Fsp3) is 0.947. The molecule has 0 saturated heterocycles. The standard InChI is InChI=1S/C19H43N4/c1-19(23(3)18-14-16-21)22(2)17-13-11-9-7-5-4-6-8-10-12-15-20/h4-18,20-21H2,1-3H3/q+1. The summed E-state index contributed by atoms with van der Waals surface area (Å²) in [6.07, 6.45) is 14.6. The molecule has 0 aromatic rings. The van der Waals surface area contributed by atoms with Gasteiger partial charge in [0.15, 0.2) is 0 Å². The Kier molecular flexibility index (Phi) is 15.8. The average molecular weight is 328 g/mol. The maximum absolute atomic E-state index is 5.58. The van der Waals surface area contributed by atoms with Crippen molar-refractivity contribution >= 4 is 5.84 Å². The van der Waals surface area contributed by atoms with Crippen LogP contribution in [0.5, 0.6) is 0 Å². The van der Waals surface area contributed by atoms with Crippen LogP contribution in [0.1, 0.15) is 77.6 Å². The van der Waals surface area contributed by atoms with Crippen LogP contribution in [-0.2, 0) is 0 Å². The van der Waals surface area contributed by atoms with Crippen molar-refractivity contribution in [3.8, 4) is 0 Å². The molecule has 0 fully saturated rings.